The molecule has 0 saturated heterocycles. The van der Waals surface area contributed by atoms with Gasteiger partial charge < -0.3 is 0 Å². The summed E-state index contributed by atoms with van der Waals surface area (Å²) in [6, 6.07) is 0. The molecule has 0 heterocycles. The molecule has 0 aromatic rings. The molecule has 0 nitrogen and oxygen atoms in total. The van der Waals surface area contributed by atoms with Crippen molar-refractivity contribution < 1.29 is 8.95 Å². The summed E-state index contributed by atoms with van der Waals surface area (Å²) in [5, 5.41) is 0. The van der Waals surface area contributed by atoms with Crippen molar-refractivity contribution >= 4 is 34.4 Å². The first-order valence-electron chi connectivity index (χ1n) is 6.51. The summed E-state index contributed by atoms with van der Waals surface area (Å²) in [5.74, 6) is 8.04. The topological polar surface area (TPSA) is 0 Å². The van der Waals surface area contributed by atoms with Crippen molar-refractivity contribution in [1.82, 2.24) is 0 Å². The van der Waals surface area contributed by atoms with E-state index in [4.69, 9.17) is 9.58 Å². The molecule has 0 aliphatic heterocycles. The SMILES string of the molecule is CC[S](CC)=[Ir]([Cl])(=[S](CC)CC)=[S](CC)CC. The van der Waals surface area contributed by atoms with Crippen LogP contribution in [-0.4, -0.2) is 34.5 Å². The van der Waals surface area contributed by atoms with Crippen molar-refractivity contribution in [2.45, 2.75) is 41.5 Å². The van der Waals surface area contributed by atoms with Crippen LogP contribution in [0.1, 0.15) is 41.5 Å². The van der Waals surface area contributed by atoms with Gasteiger partial charge in [-0.25, -0.2) is 0 Å². The second-order valence-corrected chi connectivity index (χ2v) is 44.9. The predicted molar refractivity (Wildman–Crippen MR) is 91.9 cm³/mol. The van der Waals surface area contributed by atoms with E-state index in [1.165, 1.54) is 34.5 Å². The molecule has 0 amide bonds. The van der Waals surface area contributed by atoms with Crippen LogP contribution < -0.4 is 0 Å². The van der Waals surface area contributed by atoms with E-state index in [0.29, 0.717) is 24.8 Å². The van der Waals surface area contributed by atoms with E-state index in [-0.39, 0.29) is 0 Å². The number of hydrogen-bond acceptors (Lipinski definition) is 0. The van der Waals surface area contributed by atoms with Crippen molar-refractivity contribution in [3.63, 3.8) is 0 Å². The van der Waals surface area contributed by atoms with E-state index in [9.17, 15) is 0 Å². The summed E-state index contributed by atoms with van der Waals surface area (Å²) < 4.78 is 0. The van der Waals surface area contributed by atoms with Gasteiger partial charge in [-0.2, -0.15) is 0 Å². The zero-order valence-electron chi connectivity index (χ0n) is 12.2. The summed E-state index contributed by atoms with van der Waals surface area (Å²) in [6.07, 6.45) is 0. The molecular weight excluding hydrogens is 468 g/mol. The second-order valence-electron chi connectivity index (χ2n) is 3.24. The van der Waals surface area contributed by atoms with Crippen LogP contribution in [0.25, 0.3) is 0 Å². The van der Waals surface area contributed by atoms with E-state index >= 15 is 0 Å². The van der Waals surface area contributed by atoms with Crippen LogP contribution in [0.2, 0.25) is 0 Å². The van der Waals surface area contributed by atoms with Crippen molar-refractivity contribution in [3.05, 3.63) is 0 Å². The zero-order valence-corrected chi connectivity index (χ0v) is 17.8. The van der Waals surface area contributed by atoms with Crippen LogP contribution in [0, 0.1) is 0 Å². The van der Waals surface area contributed by atoms with Crippen LogP contribution in [0.4, 0.5) is 0 Å². The second kappa shape index (κ2) is 9.82. The van der Waals surface area contributed by atoms with E-state index in [0.717, 1.165) is 0 Å². The van der Waals surface area contributed by atoms with Gasteiger partial charge in [-0.15, -0.1) is 0 Å². The molecule has 0 fully saturated rings. The predicted octanol–water partition coefficient (Wildman–Crippen LogP) is 5.97. The fourth-order valence-electron chi connectivity index (χ4n) is 1.64. The van der Waals surface area contributed by atoms with Crippen molar-refractivity contribution in [2.24, 2.45) is 0 Å². The first-order chi connectivity index (χ1) is 8.06. The van der Waals surface area contributed by atoms with E-state index in [2.05, 4.69) is 41.5 Å². The normalized spacial score (nSPS) is 14.0. The van der Waals surface area contributed by atoms with Crippen LogP contribution in [0.5, 0.6) is 0 Å². The molecule has 0 saturated carbocycles. The number of hydrogen-bond donors (Lipinski definition) is 0. The molecule has 0 aromatic carbocycles. The van der Waals surface area contributed by atoms with E-state index in [1.807, 2.05) is 0 Å². The Morgan fingerprint density at radius 3 is 0.882 bits per heavy atom. The first kappa shape index (κ1) is 19.0. The molecule has 0 unspecified atom stereocenters. The Hall–Kier alpha value is 1.99. The number of rotatable bonds is 6. The van der Waals surface area contributed by atoms with Gasteiger partial charge in [-0.1, -0.05) is 0 Å². The molecule has 0 bridgehead atoms. The molecule has 17 heavy (non-hydrogen) atoms. The van der Waals surface area contributed by atoms with Gasteiger partial charge in [-0.05, 0) is 0 Å². The Bertz CT molecular complexity index is 348. The minimum absolute atomic E-state index is 0.576. The molecule has 0 atom stereocenters. The summed E-state index contributed by atoms with van der Waals surface area (Å²) in [5.41, 5.74) is 0. The summed E-state index contributed by atoms with van der Waals surface area (Å²) in [4.78, 5) is 0. The third-order valence-corrected chi connectivity index (χ3v) is 68.7. The fourth-order valence-corrected chi connectivity index (χ4v) is 77.2. The molecule has 0 aromatic heterocycles. The van der Waals surface area contributed by atoms with Crippen LogP contribution >= 0.6 is 34.4 Å². The Kier molecular flexibility index (Phi) is 11.0. The third-order valence-electron chi connectivity index (χ3n) is 2.49. The molecule has 0 rings (SSSR count). The molecule has 5 heteroatoms. The van der Waals surface area contributed by atoms with Gasteiger partial charge >= 0.3 is 119 Å². The Morgan fingerprint density at radius 2 is 0.765 bits per heavy atom. The first-order valence-corrected chi connectivity index (χ1v) is 22.6. The van der Waals surface area contributed by atoms with Gasteiger partial charge in [0.1, 0.15) is 0 Å². The quantitative estimate of drug-likeness (QED) is 0.424. The van der Waals surface area contributed by atoms with Gasteiger partial charge in [0.25, 0.3) is 0 Å². The van der Waals surface area contributed by atoms with Crippen LogP contribution in [0.3, 0.4) is 0 Å². The van der Waals surface area contributed by atoms with Gasteiger partial charge in [0.2, 0.25) is 0 Å². The molecule has 0 N–H and O–H groups in total. The molecule has 0 aliphatic carbocycles. The maximum absolute atomic E-state index is 7.46. The van der Waals surface area contributed by atoms with Crippen molar-refractivity contribution in [1.29, 1.82) is 0 Å². The Balaban J connectivity index is 6.78. The number of halogens is 1. The van der Waals surface area contributed by atoms with Gasteiger partial charge in [0.15, 0.2) is 0 Å². The monoisotopic (exact) mass is 498 g/mol. The van der Waals surface area contributed by atoms with Gasteiger partial charge in [-0.3, -0.25) is 0 Å². The minimum atomic E-state index is -2.17. The fraction of sp³-hybridized carbons (Fsp3) is 1.00. The summed E-state index contributed by atoms with van der Waals surface area (Å²) >= 11 is 0. The average Bonchev–Trinajstić information content (AvgIpc) is 2.33. The molecule has 112 valence electrons. The standard InChI is InChI=1S/3C4H10S.ClH.Ir/c3*1-3-5-4-2;;/h3*3-4H2,1-2H3;1H;/q;;;;+1/p-1. The Morgan fingerprint density at radius 1 is 0.588 bits per heavy atom. The molecule has 0 spiro atoms. The zero-order chi connectivity index (χ0) is 13.5. The molecule has 0 aliphatic rings. The average molecular weight is 498 g/mol. The summed E-state index contributed by atoms with van der Waals surface area (Å²) in [6.45, 7) is 14.2. The summed E-state index contributed by atoms with van der Waals surface area (Å²) in [7, 11) is 7.02. The van der Waals surface area contributed by atoms with Crippen molar-refractivity contribution in [3.8, 4) is 0 Å². The molecular formula is C12H30ClIrS3. The van der Waals surface area contributed by atoms with Crippen LogP contribution in [0.15, 0.2) is 0 Å². The Labute approximate surface area is 118 Å². The molecule has 0 radical (unpaired) electrons. The van der Waals surface area contributed by atoms with E-state index in [1.54, 1.807) is 0 Å². The third kappa shape index (κ3) is 4.49. The van der Waals surface area contributed by atoms with Crippen LogP contribution in [-0.2, 0) is 8.95 Å². The maximum atomic E-state index is 7.46. The van der Waals surface area contributed by atoms with Crippen molar-refractivity contribution in [2.75, 3.05) is 34.5 Å². The van der Waals surface area contributed by atoms with E-state index < -0.39 is 8.95 Å². The van der Waals surface area contributed by atoms with Gasteiger partial charge in [0, 0.05) is 0 Å². The van der Waals surface area contributed by atoms with Gasteiger partial charge in [0.05, 0.1) is 0 Å².